The Bertz CT molecular complexity index is 795. The summed E-state index contributed by atoms with van der Waals surface area (Å²) in [6.07, 6.45) is 3.91. The molecule has 2 heterocycles. The maximum absolute atomic E-state index is 12.9. The summed E-state index contributed by atoms with van der Waals surface area (Å²) in [5.41, 5.74) is 2.30. The van der Waals surface area contributed by atoms with Gasteiger partial charge in [0.05, 0.1) is 12.2 Å². The first-order valence-electron chi connectivity index (χ1n) is 9.29. The lowest BCUT2D eigenvalue weighted by molar-refractivity contribution is -0.125. The number of nitrogens with one attached hydrogen (secondary N) is 1. The van der Waals surface area contributed by atoms with Crippen molar-refractivity contribution in [1.82, 2.24) is 10.2 Å². The van der Waals surface area contributed by atoms with Crippen molar-refractivity contribution in [2.24, 2.45) is 11.8 Å². The van der Waals surface area contributed by atoms with E-state index in [9.17, 15) is 9.59 Å². The van der Waals surface area contributed by atoms with Crippen LogP contribution in [0, 0.1) is 18.8 Å². The van der Waals surface area contributed by atoms with Crippen molar-refractivity contribution in [1.29, 1.82) is 0 Å². The molecule has 1 aliphatic heterocycles. The Morgan fingerprint density at radius 3 is 2.65 bits per heavy atom. The van der Waals surface area contributed by atoms with E-state index >= 15 is 0 Å². The largest absolute Gasteiger partial charge is 0.459 e. The number of aryl methyl sites for hydroxylation is 1. The second kappa shape index (κ2) is 6.98. The Balaban J connectivity index is 1.56. The molecule has 4 rings (SSSR count). The third kappa shape index (κ3) is 3.39. The predicted octanol–water partition coefficient (Wildman–Crippen LogP) is 2.97. The normalized spacial score (nSPS) is 22.4. The van der Waals surface area contributed by atoms with Gasteiger partial charge < -0.3 is 14.6 Å². The van der Waals surface area contributed by atoms with Gasteiger partial charge in [-0.05, 0) is 48.9 Å². The van der Waals surface area contributed by atoms with Crippen LogP contribution < -0.4 is 5.32 Å². The van der Waals surface area contributed by atoms with Crippen molar-refractivity contribution >= 4 is 11.8 Å². The van der Waals surface area contributed by atoms with E-state index in [-0.39, 0.29) is 23.7 Å². The summed E-state index contributed by atoms with van der Waals surface area (Å²) in [6, 6.07) is 11.5. The minimum Gasteiger partial charge on any atom is -0.459 e. The van der Waals surface area contributed by atoms with Gasteiger partial charge in [-0.1, -0.05) is 24.3 Å². The first-order valence-corrected chi connectivity index (χ1v) is 9.29. The Kier molecular flexibility index (Phi) is 4.53. The van der Waals surface area contributed by atoms with Gasteiger partial charge in [-0.15, -0.1) is 0 Å². The number of likely N-dealkylation sites (tertiary alicyclic amines) is 1. The molecule has 1 saturated carbocycles. The van der Waals surface area contributed by atoms with Crippen LogP contribution in [0.25, 0.3) is 0 Å². The minimum atomic E-state index is -0.228. The summed E-state index contributed by atoms with van der Waals surface area (Å²) in [6.45, 7) is 3.77. The van der Waals surface area contributed by atoms with Gasteiger partial charge in [0, 0.05) is 25.6 Å². The molecule has 1 N–H and O–H groups in total. The molecule has 1 aromatic heterocycles. The van der Waals surface area contributed by atoms with E-state index in [2.05, 4.69) is 24.4 Å². The average Bonchev–Trinajstić information content (AvgIpc) is 3.13. The maximum Gasteiger partial charge on any atom is 0.289 e. The second-order valence-corrected chi connectivity index (χ2v) is 7.45. The van der Waals surface area contributed by atoms with Crippen LogP contribution in [0.5, 0.6) is 0 Å². The van der Waals surface area contributed by atoms with E-state index in [0.29, 0.717) is 24.8 Å². The summed E-state index contributed by atoms with van der Waals surface area (Å²) < 4.78 is 5.26. The van der Waals surface area contributed by atoms with E-state index in [1.54, 1.807) is 17.0 Å². The van der Waals surface area contributed by atoms with Crippen molar-refractivity contribution < 1.29 is 14.0 Å². The molecule has 2 atom stereocenters. The summed E-state index contributed by atoms with van der Waals surface area (Å²) >= 11 is 0. The first kappa shape index (κ1) is 16.9. The van der Waals surface area contributed by atoms with E-state index in [1.165, 1.54) is 19.1 Å². The number of hydrogen-bond donors (Lipinski definition) is 1. The SMILES string of the molecule is Cc1ccccc1[C@H]1CN(C(=O)c2ccco2)C[C@@H]1C(=O)NCC1CC1. The number of rotatable bonds is 5. The first-order chi connectivity index (χ1) is 12.6. The van der Waals surface area contributed by atoms with Crippen LogP contribution >= 0.6 is 0 Å². The molecule has 0 radical (unpaired) electrons. The Morgan fingerprint density at radius 1 is 1.15 bits per heavy atom. The molecular weight excluding hydrogens is 328 g/mol. The number of hydrogen-bond acceptors (Lipinski definition) is 3. The average molecular weight is 352 g/mol. The highest BCUT2D eigenvalue weighted by Crippen LogP contribution is 2.36. The third-order valence-corrected chi connectivity index (χ3v) is 5.53. The van der Waals surface area contributed by atoms with Gasteiger partial charge in [-0.3, -0.25) is 9.59 Å². The number of amides is 2. The highest BCUT2D eigenvalue weighted by molar-refractivity contribution is 5.92. The van der Waals surface area contributed by atoms with Crippen molar-refractivity contribution in [3.05, 3.63) is 59.5 Å². The number of carbonyl (C=O) groups is 2. The van der Waals surface area contributed by atoms with Crippen LogP contribution in [-0.4, -0.2) is 36.3 Å². The molecule has 26 heavy (non-hydrogen) atoms. The fourth-order valence-electron chi connectivity index (χ4n) is 3.81. The molecule has 2 fully saturated rings. The zero-order valence-electron chi connectivity index (χ0n) is 15.0. The third-order valence-electron chi connectivity index (χ3n) is 5.53. The molecule has 1 aromatic carbocycles. The van der Waals surface area contributed by atoms with Crippen molar-refractivity contribution in [2.75, 3.05) is 19.6 Å². The van der Waals surface area contributed by atoms with Gasteiger partial charge in [-0.2, -0.15) is 0 Å². The molecule has 0 bridgehead atoms. The molecule has 5 nitrogen and oxygen atoms in total. The summed E-state index contributed by atoms with van der Waals surface area (Å²) in [7, 11) is 0. The Hall–Kier alpha value is -2.56. The van der Waals surface area contributed by atoms with Gasteiger partial charge in [0.1, 0.15) is 0 Å². The zero-order valence-corrected chi connectivity index (χ0v) is 15.0. The fraction of sp³-hybridized carbons (Fsp3) is 0.429. The van der Waals surface area contributed by atoms with E-state index in [1.807, 2.05) is 12.1 Å². The molecule has 136 valence electrons. The van der Waals surface area contributed by atoms with Crippen LogP contribution in [0.2, 0.25) is 0 Å². The van der Waals surface area contributed by atoms with Crippen LogP contribution in [-0.2, 0) is 4.79 Å². The monoisotopic (exact) mass is 352 g/mol. The lowest BCUT2D eigenvalue weighted by atomic mass is 9.86. The zero-order chi connectivity index (χ0) is 18.1. The molecule has 1 saturated heterocycles. The van der Waals surface area contributed by atoms with Crippen molar-refractivity contribution in [3.63, 3.8) is 0 Å². The van der Waals surface area contributed by atoms with Crippen LogP contribution in [0.4, 0.5) is 0 Å². The lowest BCUT2D eigenvalue weighted by Gasteiger charge is -2.19. The van der Waals surface area contributed by atoms with Crippen molar-refractivity contribution in [2.45, 2.75) is 25.7 Å². The molecule has 2 aromatic rings. The molecule has 5 heteroatoms. The Morgan fingerprint density at radius 2 is 1.96 bits per heavy atom. The van der Waals surface area contributed by atoms with E-state index in [0.717, 1.165) is 17.7 Å². The summed E-state index contributed by atoms with van der Waals surface area (Å²) in [5.74, 6) is 0.653. The Labute approximate surface area is 153 Å². The number of benzene rings is 1. The molecule has 2 aliphatic rings. The van der Waals surface area contributed by atoms with Crippen LogP contribution in [0.1, 0.15) is 40.4 Å². The second-order valence-electron chi connectivity index (χ2n) is 7.45. The molecular formula is C21H24N2O3. The van der Waals surface area contributed by atoms with Crippen LogP contribution in [0.3, 0.4) is 0 Å². The van der Waals surface area contributed by atoms with Crippen molar-refractivity contribution in [3.8, 4) is 0 Å². The molecule has 0 unspecified atom stereocenters. The van der Waals surface area contributed by atoms with Gasteiger partial charge >= 0.3 is 0 Å². The van der Waals surface area contributed by atoms with Crippen LogP contribution in [0.15, 0.2) is 47.1 Å². The standard InChI is InChI=1S/C21H24N2O3/c1-14-5-2-3-6-16(14)17-12-23(21(25)19-7-4-10-26-19)13-18(17)20(24)22-11-15-8-9-15/h2-7,10,15,17-18H,8-9,11-13H2,1H3,(H,22,24)/t17-,18+/m1/s1. The number of nitrogens with zero attached hydrogens (tertiary/aromatic N) is 1. The van der Waals surface area contributed by atoms with E-state index < -0.39 is 0 Å². The molecule has 0 spiro atoms. The molecule has 2 amide bonds. The smallest absolute Gasteiger partial charge is 0.289 e. The fourth-order valence-corrected chi connectivity index (χ4v) is 3.81. The maximum atomic E-state index is 12.9. The highest BCUT2D eigenvalue weighted by Gasteiger charge is 2.41. The van der Waals surface area contributed by atoms with Gasteiger partial charge in [0.2, 0.25) is 5.91 Å². The van der Waals surface area contributed by atoms with Gasteiger partial charge in [0.25, 0.3) is 5.91 Å². The van der Waals surface area contributed by atoms with E-state index in [4.69, 9.17) is 4.42 Å². The quantitative estimate of drug-likeness (QED) is 0.900. The highest BCUT2D eigenvalue weighted by atomic mass is 16.3. The number of carbonyl (C=O) groups excluding carboxylic acids is 2. The molecule has 1 aliphatic carbocycles. The predicted molar refractivity (Wildman–Crippen MR) is 97.8 cm³/mol. The minimum absolute atomic E-state index is 0.00863. The number of furan rings is 1. The van der Waals surface area contributed by atoms with Gasteiger partial charge in [0.15, 0.2) is 5.76 Å². The summed E-state index contributed by atoms with van der Waals surface area (Å²) in [5, 5.41) is 3.10. The van der Waals surface area contributed by atoms with Gasteiger partial charge in [-0.25, -0.2) is 0 Å². The summed E-state index contributed by atoms with van der Waals surface area (Å²) in [4.78, 5) is 27.3. The topological polar surface area (TPSA) is 62.6 Å². The lowest BCUT2D eigenvalue weighted by Crippen LogP contribution is -2.36.